The van der Waals surface area contributed by atoms with Crippen LogP contribution in [0.5, 0.6) is 0 Å². The third kappa shape index (κ3) is 7.58. The first kappa shape index (κ1) is 24.7. The van der Waals surface area contributed by atoms with Gasteiger partial charge in [0.2, 0.25) is 0 Å². The van der Waals surface area contributed by atoms with E-state index in [0.717, 1.165) is 12.0 Å². The largest absolute Gasteiger partial charge is 0.114 e. The van der Waals surface area contributed by atoms with Crippen LogP contribution in [-0.4, -0.2) is 0 Å². The molecule has 0 saturated carbocycles. The first-order valence-corrected chi connectivity index (χ1v) is 10.4. The smallest absolute Gasteiger partial charge is 0.00695 e. The maximum Gasteiger partial charge on any atom is 0.00695 e. The van der Waals surface area contributed by atoms with E-state index >= 15 is 0 Å². The molecule has 28 heavy (non-hydrogen) atoms. The second-order valence-corrected chi connectivity index (χ2v) is 8.82. The Kier molecular flexibility index (Phi) is 10.2. The summed E-state index contributed by atoms with van der Waals surface area (Å²) in [7, 11) is 2.81. The number of hydrogen-bond acceptors (Lipinski definition) is 0. The molecular formula is C26H34BrP. The quantitative estimate of drug-likeness (QED) is 0.253. The molecule has 0 bridgehead atoms. The van der Waals surface area contributed by atoms with Gasteiger partial charge in [0.25, 0.3) is 0 Å². The average molecular weight is 457 g/mol. The molecule has 150 valence electrons. The summed E-state index contributed by atoms with van der Waals surface area (Å²) in [4.78, 5) is 0. The Bertz CT molecular complexity index is 854. The van der Waals surface area contributed by atoms with Crippen molar-refractivity contribution < 1.29 is 0 Å². The molecule has 1 aliphatic rings. The molecule has 0 saturated heterocycles. The van der Waals surface area contributed by atoms with Crippen molar-refractivity contribution in [2.45, 2.75) is 60.3 Å². The highest BCUT2D eigenvalue weighted by Gasteiger charge is 2.27. The number of hydrogen-bond donors (Lipinski definition) is 0. The van der Waals surface area contributed by atoms with Crippen LogP contribution >= 0.6 is 26.2 Å². The molecule has 0 nitrogen and oxygen atoms in total. The second kappa shape index (κ2) is 11.6. The number of allylic oxidation sites excluding steroid dienone is 8. The fourth-order valence-corrected chi connectivity index (χ4v) is 3.83. The predicted octanol–water partition coefficient (Wildman–Crippen LogP) is 7.29. The molecule has 0 N–H and O–H groups in total. The van der Waals surface area contributed by atoms with Gasteiger partial charge in [-0.15, -0.1) is 26.2 Å². The number of benzene rings is 1. The van der Waals surface area contributed by atoms with Crippen molar-refractivity contribution in [2.24, 2.45) is 5.41 Å². The highest BCUT2D eigenvalue weighted by atomic mass is 79.9. The average Bonchev–Trinajstić information content (AvgIpc) is 2.60. The van der Waals surface area contributed by atoms with Gasteiger partial charge in [-0.05, 0) is 68.3 Å². The molecule has 0 aliphatic heterocycles. The van der Waals surface area contributed by atoms with Crippen molar-refractivity contribution in [3.05, 3.63) is 76.4 Å². The molecule has 0 aromatic heterocycles. The lowest BCUT2D eigenvalue weighted by atomic mass is 9.73. The van der Waals surface area contributed by atoms with Gasteiger partial charge in [-0.3, -0.25) is 0 Å². The Morgan fingerprint density at radius 2 is 1.93 bits per heavy atom. The highest BCUT2D eigenvalue weighted by Crippen LogP contribution is 2.39. The molecule has 0 radical (unpaired) electrons. The molecule has 0 heterocycles. The van der Waals surface area contributed by atoms with Crippen LogP contribution in [0.2, 0.25) is 0 Å². The minimum atomic E-state index is 0. The summed E-state index contributed by atoms with van der Waals surface area (Å²) in [5.41, 5.74) is 6.77. The summed E-state index contributed by atoms with van der Waals surface area (Å²) in [6, 6.07) is 8.48. The van der Waals surface area contributed by atoms with Crippen LogP contribution in [0.15, 0.2) is 70.9 Å². The van der Waals surface area contributed by atoms with Crippen LogP contribution in [0.25, 0.3) is 0 Å². The molecule has 0 spiro atoms. The van der Waals surface area contributed by atoms with E-state index in [0.29, 0.717) is 0 Å². The van der Waals surface area contributed by atoms with Crippen molar-refractivity contribution in [1.29, 1.82) is 0 Å². The van der Waals surface area contributed by atoms with Gasteiger partial charge in [0.05, 0.1) is 0 Å². The fraction of sp³-hybridized carbons (Fsp3) is 0.385. The molecule has 1 aromatic rings. The van der Waals surface area contributed by atoms with Crippen molar-refractivity contribution in [3.63, 3.8) is 0 Å². The van der Waals surface area contributed by atoms with Crippen LogP contribution in [-0.2, 0) is 6.42 Å². The van der Waals surface area contributed by atoms with Gasteiger partial charge in [-0.25, -0.2) is 0 Å². The van der Waals surface area contributed by atoms with E-state index in [9.17, 15) is 0 Å². The summed E-state index contributed by atoms with van der Waals surface area (Å²) < 4.78 is 0. The van der Waals surface area contributed by atoms with Crippen molar-refractivity contribution >= 4 is 31.5 Å². The van der Waals surface area contributed by atoms with Gasteiger partial charge < -0.3 is 0 Å². The SMILES string of the molecule is Br.CC(C#CC1=C(C)CCCC1(C)C)=CC=CC(C)=CCc1ccccc1P. The Balaban J connectivity index is 0.00000392. The molecule has 2 heteroatoms. The zero-order valence-electron chi connectivity index (χ0n) is 17.9. The van der Waals surface area contributed by atoms with Gasteiger partial charge in [0.15, 0.2) is 0 Å². The van der Waals surface area contributed by atoms with Crippen LogP contribution < -0.4 is 5.30 Å². The topological polar surface area (TPSA) is 0 Å². The number of halogens is 1. The predicted molar refractivity (Wildman–Crippen MR) is 135 cm³/mol. The lowest BCUT2D eigenvalue weighted by Crippen LogP contribution is -2.19. The summed E-state index contributed by atoms with van der Waals surface area (Å²) in [5, 5.41) is 1.27. The minimum absolute atomic E-state index is 0. The zero-order valence-corrected chi connectivity index (χ0v) is 20.8. The van der Waals surface area contributed by atoms with Gasteiger partial charge in [-0.1, -0.05) is 85.4 Å². The Morgan fingerprint density at radius 1 is 1.21 bits per heavy atom. The first-order chi connectivity index (χ1) is 12.8. The lowest BCUT2D eigenvalue weighted by Gasteiger charge is -2.31. The number of rotatable bonds is 4. The second-order valence-electron chi connectivity index (χ2n) is 8.20. The van der Waals surface area contributed by atoms with Crippen LogP contribution in [0.4, 0.5) is 0 Å². The van der Waals surface area contributed by atoms with Crippen LogP contribution in [0, 0.1) is 17.3 Å². The third-order valence-electron chi connectivity index (χ3n) is 5.25. The van der Waals surface area contributed by atoms with Gasteiger partial charge >= 0.3 is 0 Å². The Labute approximate surface area is 185 Å². The Morgan fingerprint density at radius 3 is 2.61 bits per heavy atom. The van der Waals surface area contributed by atoms with E-state index in [4.69, 9.17) is 0 Å². The normalized spacial score (nSPS) is 17.2. The van der Waals surface area contributed by atoms with Gasteiger partial charge in [0, 0.05) is 5.57 Å². The van der Waals surface area contributed by atoms with E-state index in [1.807, 2.05) is 0 Å². The monoisotopic (exact) mass is 456 g/mol. The fourth-order valence-electron chi connectivity index (χ4n) is 3.51. The summed E-state index contributed by atoms with van der Waals surface area (Å²) in [6.45, 7) is 11.1. The highest BCUT2D eigenvalue weighted by molar-refractivity contribution is 8.93. The van der Waals surface area contributed by atoms with E-state index in [1.54, 1.807) is 0 Å². The molecule has 1 atom stereocenters. The summed E-state index contributed by atoms with van der Waals surface area (Å²) >= 11 is 0. The maximum atomic E-state index is 3.46. The Hall–Kier alpha value is -1.35. The van der Waals surface area contributed by atoms with E-state index in [1.165, 1.54) is 46.8 Å². The summed E-state index contributed by atoms with van der Waals surface area (Å²) in [5.74, 6) is 6.82. The maximum absolute atomic E-state index is 3.46. The van der Waals surface area contributed by atoms with Crippen molar-refractivity contribution in [1.82, 2.24) is 0 Å². The standard InChI is InChI=1S/C26H33P.BrH/c1-20(15-17-23-13-6-7-14-25(23)27)10-8-11-21(2)16-18-24-22(3)12-9-19-26(24,4)5;/h6-8,10-11,13-15H,9,12,17,19,27H2,1-5H3;1H. The third-order valence-corrected chi connectivity index (χ3v) is 5.81. The van der Waals surface area contributed by atoms with Crippen LogP contribution in [0.3, 0.4) is 0 Å². The molecule has 0 amide bonds. The first-order valence-electron chi connectivity index (χ1n) is 9.87. The van der Waals surface area contributed by atoms with Crippen LogP contribution in [0.1, 0.15) is 59.4 Å². The molecule has 0 fully saturated rings. The molecule has 1 unspecified atom stereocenters. The van der Waals surface area contributed by atoms with E-state index in [-0.39, 0.29) is 22.4 Å². The van der Waals surface area contributed by atoms with Gasteiger partial charge in [-0.2, -0.15) is 0 Å². The zero-order chi connectivity index (χ0) is 19.9. The van der Waals surface area contributed by atoms with E-state index < -0.39 is 0 Å². The molecule has 1 aromatic carbocycles. The lowest BCUT2D eigenvalue weighted by molar-refractivity contribution is 0.380. The minimum Gasteiger partial charge on any atom is -0.114 e. The molecular weight excluding hydrogens is 423 g/mol. The van der Waals surface area contributed by atoms with E-state index in [2.05, 4.69) is 104 Å². The van der Waals surface area contributed by atoms with Crippen molar-refractivity contribution in [2.75, 3.05) is 0 Å². The van der Waals surface area contributed by atoms with Crippen molar-refractivity contribution in [3.8, 4) is 11.8 Å². The molecule has 2 rings (SSSR count). The summed E-state index contributed by atoms with van der Waals surface area (Å²) in [6.07, 6.45) is 13.3. The molecule has 1 aliphatic carbocycles. The van der Waals surface area contributed by atoms with Gasteiger partial charge in [0.1, 0.15) is 0 Å².